The van der Waals surface area contributed by atoms with Crippen molar-refractivity contribution in [1.29, 1.82) is 0 Å². The first-order valence-electron chi connectivity index (χ1n) is 11.6. The summed E-state index contributed by atoms with van der Waals surface area (Å²) in [5.74, 6) is -2.38. The van der Waals surface area contributed by atoms with Crippen molar-refractivity contribution in [3.63, 3.8) is 0 Å². The number of ether oxygens (including phenoxy) is 1. The molecular weight excluding hydrogens is 571 g/mol. The fourth-order valence-electron chi connectivity index (χ4n) is 3.67. The third-order valence-corrected chi connectivity index (χ3v) is 7.02. The maximum absolute atomic E-state index is 13.7. The van der Waals surface area contributed by atoms with E-state index >= 15 is 0 Å². The van der Waals surface area contributed by atoms with Crippen LogP contribution in [-0.4, -0.2) is 47.2 Å². The van der Waals surface area contributed by atoms with Gasteiger partial charge >= 0.3 is 12.1 Å². The summed E-state index contributed by atoms with van der Waals surface area (Å²) >= 11 is 0. The molecule has 1 atom stereocenters. The number of aromatic nitrogens is 2. The summed E-state index contributed by atoms with van der Waals surface area (Å²) in [7, 11) is -4.42. The highest BCUT2D eigenvalue weighted by molar-refractivity contribution is 7.92. The molecule has 3 N–H and O–H groups in total. The molecule has 0 fully saturated rings. The number of nitro groups is 1. The number of anilines is 3. The average molecular weight is 592 g/mol. The fourth-order valence-corrected chi connectivity index (χ4v) is 4.72. The Morgan fingerprint density at radius 1 is 1.00 bits per heavy atom. The van der Waals surface area contributed by atoms with Crippen LogP contribution in [0.5, 0.6) is 0 Å². The molecule has 1 heterocycles. The average Bonchev–Trinajstić information content (AvgIpc) is 2.92. The van der Waals surface area contributed by atoms with Gasteiger partial charge in [0.1, 0.15) is 0 Å². The minimum atomic E-state index is -5.39. The summed E-state index contributed by atoms with van der Waals surface area (Å²) in [5, 5.41) is 24.1. The number of halogens is 3. The second-order valence-corrected chi connectivity index (χ2v) is 10.1. The monoisotopic (exact) mass is 591 g/mol. The molecule has 0 unspecified atom stereocenters. The topological polar surface area (TPSA) is 174 Å². The van der Waals surface area contributed by atoms with Crippen LogP contribution in [0, 0.1) is 10.1 Å². The summed E-state index contributed by atoms with van der Waals surface area (Å²) in [5.41, 5.74) is -4.50. The van der Waals surface area contributed by atoms with Crippen LogP contribution in [0.25, 0.3) is 11.0 Å². The number of aliphatic hydroxyl groups is 1. The number of esters is 1. The molecule has 1 aromatic heterocycles. The molecule has 0 saturated heterocycles. The summed E-state index contributed by atoms with van der Waals surface area (Å²) in [4.78, 5) is 30.6. The highest BCUT2D eigenvalue weighted by Crippen LogP contribution is 2.40. The van der Waals surface area contributed by atoms with E-state index in [-0.39, 0.29) is 22.8 Å². The van der Waals surface area contributed by atoms with Gasteiger partial charge in [0.2, 0.25) is 0 Å². The number of fused-ring (bicyclic) bond motifs is 1. The number of alkyl halides is 3. The van der Waals surface area contributed by atoms with Crippen molar-refractivity contribution in [2.45, 2.75) is 23.6 Å². The smallest absolute Gasteiger partial charge is 0.432 e. The van der Waals surface area contributed by atoms with Gasteiger partial charge in [0.15, 0.2) is 11.6 Å². The molecular formula is C25H20F3N5O7S. The third kappa shape index (κ3) is 5.87. The van der Waals surface area contributed by atoms with Crippen LogP contribution < -0.4 is 10.0 Å². The molecule has 0 spiro atoms. The zero-order chi connectivity index (χ0) is 30.0. The molecule has 3 aromatic carbocycles. The Morgan fingerprint density at radius 2 is 1.61 bits per heavy atom. The van der Waals surface area contributed by atoms with Crippen LogP contribution in [-0.2, 0) is 25.2 Å². The van der Waals surface area contributed by atoms with Gasteiger partial charge in [-0.05, 0) is 37.3 Å². The SMILES string of the molecule is CCOC(=O)[C@](O)(c1ccc(Nc2nc3ccccc3nc2NS(=O)(=O)c2cccc([N+](=O)[O-])c2)cc1)C(F)(F)F. The maximum Gasteiger partial charge on any atom is 0.432 e. The van der Waals surface area contributed by atoms with E-state index < -0.39 is 55.4 Å². The number of sulfonamides is 1. The number of carbonyl (C=O) groups is 1. The molecule has 12 nitrogen and oxygen atoms in total. The van der Waals surface area contributed by atoms with Crippen molar-refractivity contribution < 1.29 is 41.2 Å². The number of hydrogen-bond donors (Lipinski definition) is 3. The van der Waals surface area contributed by atoms with Crippen LogP contribution in [0.4, 0.5) is 36.2 Å². The lowest BCUT2D eigenvalue weighted by molar-refractivity contribution is -0.385. The highest BCUT2D eigenvalue weighted by Gasteiger charge is 2.62. The molecule has 0 aliphatic rings. The number of benzene rings is 3. The summed E-state index contributed by atoms with van der Waals surface area (Å²) in [6, 6.07) is 14.6. The van der Waals surface area contributed by atoms with E-state index in [1.54, 1.807) is 24.3 Å². The van der Waals surface area contributed by atoms with Crippen LogP contribution in [0.1, 0.15) is 12.5 Å². The Morgan fingerprint density at radius 3 is 2.17 bits per heavy atom. The zero-order valence-electron chi connectivity index (χ0n) is 20.9. The molecule has 0 aliphatic carbocycles. The first-order chi connectivity index (χ1) is 19.3. The molecule has 41 heavy (non-hydrogen) atoms. The predicted octanol–water partition coefficient (Wildman–Crippen LogP) is 4.40. The van der Waals surface area contributed by atoms with Crippen LogP contribution in [0.2, 0.25) is 0 Å². The lowest BCUT2D eigenvalue weighted by atomic mass is 9.93. The summed E-state index contributed by atoms with van der Waals surface area (Å²) in [6.45, 7) is 0.893. The van der Waals surface area contributed by atoms with Crippen molar-refractivity contribution in [1.82, 2.24) is 9.97 Å². The number of non-ortho nitro benzene ring substituents is 1. The molecule has 16 heteroatoms. The first-order valence-corrected chi connectivity index (χ1v) is 13.1. The minimum Gasteiger partial charge on any atom is -0.463 e. The Balaban J connectivity index is 1.72. The van der Waals surface area contributed by atoms with E-state index in [9.17, 15) is 41.6 Å². The van der Waals surface area contributed by atoms with E-state index in [1.807, 2.05) is 0 Å². The highest BCUT2D eigenvalue weighted by atomic mass is 32.2. The van der Waals surface area contributed by atoms with E-state index in [4.69, 9.17) is 0 Å². The van der Waals surface area contributed by atoms with E-state index in [2.05, 4.69) is 24.7 Å². The molecule has 0 radical (unpaired) electrons. The number of hydrogen-bond acceptors (Lipinski definition) is 10. The van der Waals surface area contributed by atoms with E-state index in [0.29, 0.717) is 5.52 Å². The normalized spacial score (nSPS) is 13.3. The standard InChI is InChI=1S/C25H20F3N5O7S/c1-2-40-23(34)24(35,25(26,27)28)15-10-12-16(13-11-15)29-21-22(31-20-9-4-3-8-19(20)30-21)32-41(38,39)18-7-5-6-17(14-18)33(36)37/h3-14,35H,2H2,1H3,(H,29,30)(H,31,32)/t24-/m1/s1. The van der Waals surface area contributed by atoms with Gasteiger partial charge in [-0.3, -0.25) is 14.8 Å². The molecule has 214 valence electrons. The van der Waals surface area contributed by atoms with Crippen LogP contribution in [0.15, 0.2) is 77.7 Å². The number of nitro benzene ring substituents is 1. The molecule has 0 aliphatic heterocycles. The molecule has 0 saturated carbocycles. The van der Waals surface area contributed by atoms with Crippen molar-refractivity contribution >= 4 is 50.0 Å². The quantitative estimate of drug-likeness (QED) is 0.144. The van der Waals surface area contributed by atoms with Crippen LogP contribution in [0.3, 0.4) is 0 Å². The Bertz CT molecular complexity index is 1730. The largest absolute Gasteiger partial charge is 0.463 e. The predicted molar refractivity (Wildman–Crippen MR) is 140 cm³/mol. The number of nitrogens with zero attached hydrogens (tertiary/aromatic N) is 3. The van der Waals surface area contributed by atoms with Crippen molar-refractivity contribution in [2.24, 2.45) is 0 Å². The van der Waals surface area contributed by atoms with E-state index in [1.165, 1.54) is 13.0 Å². The molecule has 4 aromatic rings. The second-order valence-electron chi connectivity index (χ2n) is 8.40. The van der Waals surface area contributed by atoms with Gasteiger partial charge in [0.05, 0.1) is 27.5 Å². The van der Waals surface area contributed by atoms with Crippen LogP contribution >= 0.6 is 0 Å². The minimum absolute atomic E-state index is 0.0857. The fraction of sp³-hybridized carbons (Fsp3) is 0.160. The van der Waals surface area contributed by atoms with Gasteiger partial charge in [-0.15, -0.1) is 0 Å². The zero-order valence-corrected chi connectivity index (χ0v) is 21.7. The van der Waals surface area contributed by atoms with Crippen molar-refractivity contribution in [2.75, 3.05) is 16.6 Å². The molecule has 4 rings (SSSR count). The van der Waals surface area contributed by atoms with Gasteiger partial charge in [0, 0.05) is 23.4 Å². The third-order valence-electron chi connectivity index (χ3n) is 5.69. The van der Waals surface area contributed by atoms with Gasteiger partial charge in [-0.25, -0.2) is 23.2 Å². The van der Waals surface area contributed by atoms with Gasteiger partial charge in [0.25, 0.3) is 21.3 Å². The summed E-state index contributed by atoms with van der Waals surface area (Å²) in [6.07, 6.45) is -5.39. The Kier molecular flexibility index (Phi) is 7.81. The van der Waals surface area contributed by atoms with Gasteiger partial charge < -0.3 is 15.2 Å². The number of carbonyl (C=O) groups excluding carboxylic acids is 1. The van der Waals surface area contributed by atoms with Crippen molar-refractivity contribution in [3.8, 4) is 0 Å². The van der Waals surface area contributed by atoms with Crippen molar-refractivity contribution in [3.05, 3.63) is 88.5 Å². The number of rotatable bonds is 9. The molecule has 0 bridgehead atoms. The van der Waals surface area contributed by atoms with Gasteiger partial charge in [-0.1, -0.05) is 30.3 Å². The Labute approximate surface area is 230 Å². The number of nitrogens with one attached hydrogen (secondary N) is 2. The molecule has 0 amide bonds. The van der Waals surface area contributed by atoms with E-state index in [0.717, 1.165) is 42.5 Å². The lowest BCUT2D eigenvalue weighted by Gasteiger charge is -2.28. The summed E-state index contributed by atoms with van der Waals surface area (Å²) < 4.78 is 73.9. The Hall–Kier alpha value is -4.83. The number of para-hydroxylation sites is 2. The lowest BCUT2D eigenvalue weighted by Crippen LogP contribution is -2.50. The second kappa shape index (κ2) is 11.0. The first kappa shape index (κ1) is 29.2. The maximum atomic E-state index is 13.7. The van der Waals surface area contributed by atoms with Gasteiger partial charge in [-0.2, -0.15) is 13.2 Å².